The lowest BCUT2D eigenvalue weighted by Gasteiger charge is -2.16. The summed E-state index contributed by atoms with van der Waals surface area (Å²) < 4.78 is 0. The maximum Gasteiger partial charge on any atom is 0.0463 e. The van der Waals surface area contributed by atoms with Crippen molar-refractivity contribution >= 4 is 30.2 Å². The second kappa shape index (κ2) is 4.30. The van der Waals surface area contributed by atoms with Gasteiger partial charge < -0.3 is 4.90 Å². The molecule has 3 heteroatoms. The van der Waals surface area contributed by atoms with Gasteiger partial charge in [-0.1, -0.05) is 12.2 Å². The van der Waals surface area contributed by atoms with Crippen LogP contribution in [0.2, 0.25) is 0 Å². The number of thiocarbonyl (C=S) groups is 1. The predicted molar refractivity (Wildman–Crippen MR) is 45.0 cm³/mol. The summed E-state index contributed by atoms with van der Waals surface area (Å²) in [4.78, 5) is 2.04. The molecule has 0 spiro atoms. The van der Waals surface area contributed by atoms with Crippen LogP contribution < -0.4 is 0 Å². The van der Waals surface area contributed by atoms with E-state index in [1.54, 1.807) is 5.37 Å². The Morgan fingerprint density at radius 1 is 1.75 bits per heavy atom. The van der Waals surface area contributed by atoms with Crippen LogP contribution >= 0.6 is 24.8 Å². The minimum absolute atomic E-state index is 0.341. The lowest BCUT2D eigenvalue weighted by molar-refractivity contribution is 0.393. The van der Waals surface area contributed by atoms with Gasteiger partial charge in [0.15, 0.2) is 0 Å². The van der Waals surface area contributed by atoms with Gasteiger partial charge in [-0.15, -0.1) is 0 Å². The molecule has 0 aromatic carbocycles. The van der Waals surface area contributed by atoms with Crippen molar-refractivity contribution in [1.29, 1.82) is 0 Å². The molecule has 0 N–H and O–H groups in total. The van der Waals surface area contributed by atoms with E-state index in [9.17, 15) is 0 Å². The average molecular weight is 149 g/mol. The first kappa shape index (κ1) is 8.40. The molecule has 0 aliphatic rings. The second-order valence-corrected chi connectivity index (χ2v) is 2.49. The van der Waals surface area contributed by atoms with Gasteiger partial charge in [-0.2, -0.15) is 12.6 Å². The molecule has 1 unspecified atom stereocenters. The lowest BCUT2D eigenvalue weighted by Crippen LogP contribution is -2.29. The van der Waals surface area contributed by atoms with E-state index in [4.69, 9.17) is 12.2 Å². The minimum atomic E-state index is 0.341. The first-order valence-corrected chi connectivity index (χ1v) is 3.55. The lowest BCUT2D eigenvalue weighted by atomic mass is 10.4. The highest BCUT2D eigenvalue weighted by Crippen LogP contribution is 1.91. The Morgan fingerprint density at radius 2 is 2.25 bits per heavy atom. The summed E-state index contributed by atoms with van der Waals surface area (Å²) in [5.74, 6) is 0.802. The molecule has 0 bridgehead atoms. The summed E-state index contributed by atoms with van der Waals surface area (Å²) in [5, 5.41) is 1.73. The standard InChI is InChI=1S/C5H11NS2/c1-6(2)5(3-7)4-8/h3,5,8H,4H2,1-2H3. The van der Waals surface area contributed by atoms with Crippen LogP contribution in [0.3, 0.4) is 0 Å². The van der Waals surface area contributed by atoms with E-state index in [0.29, 0.717) is 6.04 Å². The highest BCUT2D eigenvalue weighted by Gasteiger charge is 2.01. The molecule has 1 atom stereocenters. The van der Waals surface area contributed by atoms with Crippen molar-refractivity contribution in [2.75, 3.05) is 19.8 Å². The Bertz CT molecular complexity index is 72.8. The first-order chi connectivity index (χ1) is 3.72. The zero-order valence-corrected chi connectivity index (χ0v) is 6.88. The third kappa shape index (κ3) is 2.64. The molecule has 0 aromatic heterocycles. The van der Waals surface area contributed by atoms with Crippen molar-refractivity contribution in [2.24, 2.45) is 0 Å². The molecule has 0 rings (SSSR count). The molecular formula is C5H11NS2. The molecule has 0 amide bonds. The maximum atomic E-state index is 4.73. The molecule has 0 aliphatic carbocycles. The molecule has 0 fully saturated rings. The topological polar surface area (TPSA) is 3.24 Å². The molecular weight excluding hydrogens is 138 g/mol. The monoisotopic (exact) mass is 149 g/mol. The van der Waals surface area contributed by atoms with Crippen molar-refractivity contribution in [3.05, 3.63) is 0 Å². The first-order valence-electron chi connectivity index (χ1n) is 2.45. The quantitative estimate of drug-likeness (QED) is 0.468. The van der Waals surface area contributed by atoms with E-state index in [-0.39, 0.29) is 0 Å². The Labute approximate surface area is 61.5 Å². The van der Waals surface area contributed by atoms with Gasteiger partial charge in [0.05, 0.1) is 0 Å². The summed E-state index contributed by atoms with van der Waals surface area (Å²) >= 11 is 8.83. The smallest absolute Gasteiger partial charge is 0.0463 e. The number of thiol groups is 1. The van der Waals surface area contributed by atoms with Crippen LogP contribution in [-0.2, 0) is 0 Å². The molecule has 0 aromatic rings. The maximum absolute atomic E-state index is 4.73. The number of rotatable bonds is 3. The average Bonchev–Trinajstić information content (AvgIpc) is 1.69. The van der Waals surface area contributed by atoms with Crippen LogP contribution in [0.1, 0.15) is 0 Å². The fourth-order valence-corrected chi connectivity index (χ4v) is 1.24. The van der Waals surface area contributed by atoms with E-state index < -0.39 is 0 Å². The van der Waals surface area contributed by atoms with Gasteiger partial charge in [-0.25, -0.2) is 0 Å². The Kier molecular flexibility index (Phi) is 4.51. The minimum Gasteiger partial charge on any atom is -0.301 e. The van der Waals surface area contributed by atoms with Gasteiger partial charge in [0, 0.05) is 11.8 Å². The molecule has 48 valence electrons. The molecule has 0 saturated carbocycles. The van der Waals surface area contributed by atoms with Gasteiger partial charge in [-0.05, 0) is 19.5 Å². The van der Waals surface area contributed by atoms with Crippen molar-refractivity contribution in [3.63, 3.8) is 0 Å². The van der Waals surface area contributed by atoms with E-state index in [0.717, 1.165) is 5.75 Å². The molecule has 0 saturated heterocycles. The Morgan fingerprint density at radius 3 is 2.25 bits per heavy atom. The van der Waals surface area contributed by atoms with E-state index in [2.05, 4.69) is 12.6 Å². The van der Waals surface area contributed by atoms with E-state index in [1.807, 2.05) is 19.0 Å². The fraction of sp³-hybridized carbons (Fsp3) is 0.800. The predicted octanol–water partition coefficient (Wildman–Crippen LogP) is 0.846. The Balaban J connectivity index is 3.51. The number of hydrogen-bond donors (Lipinski definition) is 1. The molecule has 1 nitrogen and oxygen atoms in total. The van der Waals surface area contributed by atoms with Crippen LogP contribution in [-0.4, -0.2) is 36.2 Å². The third-order valence-corrected chi connectivity index (χ3v) is 1.70. The summed E-state index contributed by atoms with van der Waals surface area (Å²) in [6.07, 6.45) is 0. The van der Waals surface area contributed by atoms with Crippen LogP contribution in [0.25, 0.3) is 0 Å². The fourth-order valence-electron chi connectivity index (χ4n) is 0.328. The summed E-state index contributed by atoms with van der Waals surface area (Å²) in [6, 6.07) is 0.341. The molecule has 0 heterocycles. The Hall–Kier alpha value is 0.400. The van der Waals surface area contributed by atoms with Crippen molar-refractivity contribution in [2.45, 2.75) is 6.04 Å². The number of hydrogen-bond acceptors (Lipinski definition) is 3. The number of nitrogens with zero attached hydrogens (tertiary/aromatic N) is 1. The zero-order valence-electron chi connectivity index (χ0n) is 5.16. The van der Waals surface area contributed by atoms with Gasteiger partial charge in [0.25, 0.3) is 0 Å². The van der Waals surface area contributed by atoms with Gasteiger partial charge >= 0.3 is 0 Å². The van der Waals surface area contributed by atoms with Crippen molar-refractivity contribution < 1.29 is 0 Å². The molecule has 0 radical (unpaired) electrons. The summed E-state index contributed by atoms with van der Waals surface area (Å²) in [7, 11) is 3.98. The zero-order chi connectivity index (χ0) is 6.57. The SMILES string of the molecule is CN(C)C(C=S)CS. The van der Waals surface area contributed by atoms with Crippen LogP contribution in [0, 0.1) is 0 Å². The summed E-state index contributed by atoms with van der Waals surface area (Å²) in [5.41, 5.74) is 0. The molecule has 0 aliphatic heterocycles. The highest BCUT2D eigenvalue weighted by atomic mass is 32.1. The van der Waals surface area contributed by atoms with Crippen molar-refractivity contribution in [3.8, 4) is 0 Å². The van der Waals surface area contributed by atoms with Crippen LogP contribution in [0.15, 0.2) is 0 Å². The summed E-state index contributed by atoms with van der Waals surface area (Å²) in [6.45, 7) is 0. The van der Waals surface area contributed by atoms with Gasteiger partial charge in [0.2, 0.25) is 0 Å². The van der Waals surface area contributed by atoms with Crippen LogP contribution in [0.5, 0.6) is 0 Å². The van der Waals surface area contributed by atoms with E-state index >= 15 is 0 Å². The van der Waals surface area contributed by atoms with Gasteiger partial charge in [-0.3, -0.25) is 0 Å². The van der Waals surface area contributed by atoms with Gasteiger partial charge in [0.1, 0.15) is 0 Å². The highest BCUT2D eigenvalue weighted by molar-refractivity contribution is 7.81. The molecule has 8 heavy (non-hydrogen) atoms. The van der Waals surface area contributed by atoms with Crippen LogP contribution in [0.4, 0.5) is 0 Å². The largest absolute Gasteiger partial charge is 0.301 e. The third-order valence-electron chi connectivity index (χ3n) is 1.01. The normalized spacial score (nSPS) is 14.0. The van der Waals surface area contributed by atoms with Crippen molar-refractivity contribution in [1.82, 2.24) is 4.90 Å². The second-order valence-electron chi connectivity index (χ2n) is 1.85. The van der Waals surface area contributed by atoms with E-state index in [1.165, 1.54) is 0 Å².